The highest BCUT2D eigenvalue weighted by Gasteiger charge is 2.40. The van der Waals surface area contributed by atoms with E-state index in [1.165, 1.54) is 18.4 Å². The van der Waals surface area contributed by atoms with Crippen molar-refractivity contribution in [1.82, 2.24) is 20.0 Å². The highest BCUT2D eigenvalue weighted by Crippen LogP contribution is 2.40. The van der Waals surface area contributed by atoms with Gasteiger partial charge in [-0.25, -0.2) is 0 Å². The fraction of sp³-hybridized carbons (Fsp3) is 0.440. The van der Waals surface area contributed by atoms with Crippen LogP contribution in [-0.4, -0.2) is 39.0 Å². The topological polar surface area (TPSA) is 72.1 Å². The molecule has 1 aliphatic heterocycles. The van der Waals surface area contributed by atoms with Crippen molar-refractivity contribution in [1.29, 1.82) is 0 Å². The molecular weight excluding hydrogens is 388 g/mol. The summed E-state index contributed by atoms with van der Waals surface area (Å²) in [6.07, 6.45) is 8.81. The molecule has 1 aliphatic carbocycles. The van der Waals surface area contributed by atoms with Gasteiger partial charge in [0.15, 0.2) is 5.82 Å². The molecule has 2 atom stereocenters. The van der Waals surface area contributed by atoms with Crippen LogP contribution in [0, 0.1) is 6.92 Å². The number of carbonyl (C=O) groups is 1. The van der Waals surface area contributed by atoms with Crippen LogP contribution in [-0.2, 0) is 11.2 Å². The minimum absolute atomic E-state index is 0.00572. The summed E-state index contributed by atoms with van der Waals surface area (Å²) in [5, 5.41) is 4.31. The molecule has 2 aromatic heterocycles. The standard InChI is InChI=1S/C25H28N4O2/c1-17-8-10-18(11-9-17)13-23(30)29-15-21(20-7-4-12-26-14-20)22(16-29)25-27-24(28-31-25)19-5-2-3-6-19/h4,7-12,14,19,21-22H,2-3,5-6,13,15-16H2,1H3/t21-,22+/m0/s1. The molecule has 5 rings (SSSR count). The zero-order chi connectivity index (χ0) is 21.2. The maximum absolute atomic E-state index is 13.1. The first-order valence-corrected chi connectivity index (χ1v) is 11.2. The Balaban J connectivity index is 1.37. The molecule has 160 valence electrons. The predicted molar refractivity (Wildman–Crippen MR) is 117 cm³/mol. The van der Waals surface area contributed by atoms with Crippen molar-refractivity contribution >= 4 is 5.91 Å². The summed E-state index contributed by atoms with van der Waals surface area (Å²) in [4.78, 5) is 24.2. The Labute approximate surface area is 182 Å². The molecule has 1 saturated heterocycles. The van der Waals surface area contributed by atoms with Gasteiger partial charge in [-0.05, 0) is 37.0 Å². The van der Waals surface area contributed by atoms with Crippen molar-refractivity contribution in [2.24, 2.45) is 0 Å². The third-order valence-corrected chi connectivity index (χ3v) is 6.76. The molecule has 2 aliphatic rings. The van der Waals surface area contributed by atoms with E-state index in [-0.39, 0.29) is 17.7 Å². The molecule has 6 heteroatoms. The van der Waals surface area contributed by atoms with Gasteiger partial charge in [0.2, 0.25) is 11.8 Å². The molecule has 6 nitrogen and oxygen atoms in total. The van der Waals surface area contributed by atoms with E-state index in [0.29, 0.717) is 31.3 Å². The molecular formula is C25H28N4O2. The summed E-state index contributed by atoms with van der Waals surface area (Å²) in [6, 6.07) is 12.2. The van der Waals surface area contributed by atoms with Crippen LogP contribution < -0.4 is 0 Å². The first-order chi connectivity index (χ1) is 15.2. The maximum Gasteiger partial charge on any atom is 0.232 e. The van der Waals surface area contributed by atoms with E-state index in [2.05, 4.69) is 35.3 Å². The molecule has 1 amide bonds. The summed E-state index contributed by atoms with van der Waals surface area (Å²) in [5.41, 5.74) is 3.35. The molecule has 0 bridgehead atoms. The van der Waals surface area contributed by atoms with Crippen molar-refractivity contribution in [2.75, 3.05) is 13.1 Å². The van der Waals surface area contributed by atoms with Crippen molar-refractivity contribution in [3.05, 3.63) is 77.2 Å². The number of aryl methyl sites for hydroxylation is 1. The lowest BCUT2D eigenvalue weighted by Gasteiger charge is -2.16. The minimum Gasteiger partial charge on any atom is -0.341 e. The molecule has 31 heavy (non-hydrogen) atoms. The van der Waals surface area contributed by atoms with Crippen LogP contribution in [0.4, 0.5) is 0 Å². The Kier molecular flexibility index (Phi) is 5.53. The summed E-state index contributed by atoms with van der Waals surface area (Å²) < 4.78 is 5.75. The SMILES string of the molecule is Cc1ccc(CC(=O)N2C[C@@H](c3cccnc3)[C@H](c3nc(C4CCCC4)no3)C2)cc1. The monoisotopic (exact) mass is 416 g/mol. The third-order valence-electron chi connectivity index (χ3n) is 6.76. The lowest BCUT2D eigenvalue weighted by molar-refractivity contribution is -0.129. The zero-order valence-electron chi connectivity index (χ0n) is 17.9. The first kappa shape index (κ1) is 19.9. The second-order valence-corrected chi connectivity index (χ2v) is 8.93. The van der Waals surface area contributed by atoms with Crippen LogP contribution >= 0.6 is 0 Å². The summed E-state index contributed by atoms with van der Waals surface area (Å²) in [6.45, 7) is 3.29. The zero-order valence-corrected chi connectivity index (χ0v) is 17.9. The second kappa shape index (κ2) is 8.61. The number of carbonyl (C=O) groups excluding carboxylic acids is 1. The van der Waals surface area contributed by atoms with Crippen molar-refractivity contribution in [3.63, 3.8) is 0 Å². The van der Waals surface area contributed by atoms with Crippen molar-refractivity contribution in [2.45, 2.75) is 56.8 Å². The van der Waals surface area contributed by atoms with Crippen molar-refractivity contribution < 1.29 is 9.32 Å². The highest BCUT2D eigenvalue weighted by atomic mass is 16.5. The number of aromatic nitrogens is 3. The van der Waals surface area contributed by atoms with Gasteiger partial charge < -0.3 is 9.42 Å². The normalized spacial score (nSPS) is 21.6. The molecule has 2 fully saturated rings. The van der Waals surface area contributed by atoms with E-state index < -0.39 is 0 Å². The van der Waals surface area contributed by atoms with E-state index in [9.17, 15) is 4.79 Å². The Hall–Kier alpha value is -3.02. The number of benzene rings is 1. The highest BCUT2D eigenvalue weighted by molar-refractivity contribution is 5.79. The van der Waals surface area contributed by atoms with E-state index in [1.54, 1.807) is 6.20 Å². The summed E-state index contributed by atoms with van der Waals surface area (Å²) >= 11 is 0. The van der Waals surface area contributed by atoms with Crippen molar-refractivity contribution in [3.8, 4) is 0 Å². The van der Waals surface area contributed by atoms with E-state index in [1.807, 2.05) is 29.3 Å². The van der Waals surface area contributed by atoms with Crippen LogP contribution in [0.25, 0.3) is 0 Å². The lowest BCUT2D eigenvalue weighted by atomic mass is 9.90. The fourth-order valence-corrected chi connectivity index (χ4v) is 4.93. The smallest absolute Gasteiger partial charge is 0.232 e. The van der Waals surface area contributed by atoms with Gasteiger partial charge in [0.25, 0.3) is 0 Å². The molecule has 0 N–H and O–H groups in total. The number of pyridine rings is 1. The minimum atomic E-state index is -0.00572. The van der Waals surface area contributed by atoms with Gasteiger partial charge in [-0.15, -0.1) is 0 Å². The summed E-state index contributed by atoms with van der Waals surface area (Å²) in [5.74, 6) is 2.13. The lowest BCUT2D eigenvalue weighted by Crippen LogP contribution is -2.30. The van der Waals surface area contributed by atoms with E-state index >= 15 is 0 Å². The number of rotatable bonds is 5. The first-order valence-electron chi connectivity index (χ1n) is 11.2. The van der Waals surface area contributed by atoms with Crippen LogP contribution in [0.5, 0.6) is 0 Å². The van der Waals surface area contributed by atoms with Gasteiger partial charge in [0.05, 0.1) is 12.3 Å². The number of nitrogens with zero attached hydrogens (tertiary/aromatic N) is 4. The number of amides is 1. The number of likely N-dealkylation sites (tertiary alicyclic amines) is 1. The average molecular weight is 417 g/mol. The summed E-state index contributed by atoms with van der Waals surface area (Å²) in [7, 11) is 0. The van der Waals surface area contributed by atoms with Gasteiger partial charge in [-0.2, -0.15) is 4.98 Å². The molecule has 1 aromatic carbocycles. The number of hydrogen-bond donors (Lipinski definition) is 0. The van der Waals surface area contributed by atoms with Gasteiger partial charge in [0, 0.05) is 37.3 Å². The largest absolute Gasteiger partial charge is 0.341 e. The van der Waals surface area contributed by atoms with E-state index in [0.717, 1.165) is 29.8 Å². The molecule has 3 heterocycles. The van der Waals surface area contributed by atoms with Gasteiger partial charge in [-0.3, -0.25) is 9.78 Å². The van der Waals surface area contributed by atoms with Crippen LogP contribution in [0.3, 0.4) is 0 Å². The Morgan fingerprint density at radius 1 is 1.10 bits per heavy atom. The Morgan fingerprint density at radius 2 is 1.87 bits per heavy atom. The van der Waals surface area contributed by atoms with Crippen LogP contribution in [0.2, 0.25) is 0 Å². The molecule has 0 spiro atoms. The molecule has 1 saturated carbocycles. The van der Waals surface area contributed by atoms with Gasteiger partial charge >= 0.3 is 0 Å². The second-order valence-electron chi connectivity index (χ2n) is 8.93. The number of hydrogen-bond acceptors (Lipinski definition) is 5. The molecule has 0 unspecified atom stereocenters. The Bertz CT molecular complexity index is 1030. The fourth-order valence-electron chi connectivity index (χ4n) is 4.93. The molecule has 0 radical (unpaired) electrons. The predicted octanol–water partition coefficient (Wildman–Crippen LogP) is 4.38. The van der Waals surface area contributed by atoms with Crippen LogP contribution in [0.15, 0.2) is 53.3 Å². The van der Waals surface area contributed by atoms with Crippen LogP contribution in [0.1, 0.15) is 71.8 Å². The Morgan fingerprint density at radius 3 is 2.61 bits per heavy atom. The average Bonchev–Trinajstić information content (AvgIpc) is 3.55. The van der Waals surface area contributed by atoms with E-state index in [4.69, 9.17) is 9.51 Å². The van der Waals surface area contributed by atoms with Gasteiger partial charge in [-0.1, -0.05) is 53.9 Å². The van der Waals surface area contributed by atoms with Gasteiger partial charge in [0.1, 0.15) is 0 Å². The quantitative estimate of drug-likeness (QED) is 0.617. The maximum atomic E-state index is 13.1. The third kappa shape index (κ3) is 4.24. The molecule has 3 aromatic rings.